The highest BCUT2D eigenvalue weighted by Crippen LogP contribution is 2.10. The molecule has 17 heavy (non-hydrogen) atoms. The van der Waals surface area contributed by atoms with Crippen LogP contribution in [0.3, 0.4) is 0 Å². The standard InChI is InChI=1S/C11H22N2O3S/c1-3-4-12-11(2,10(14)15)9-13-5-7-17(16)8-6-13/h12H,3-9H2,1-2H3,(H,14,15). The number of carbonyl (C=O) groups is 1. The number of carboxylic acid groups (broad SMARTS) is 1. The van der Waals surface area contributed by atoms with E-state index in [-0.39, 0.29) is 0 Å². The number of nitrogens with zero attached hydrogens (tertiary/aromatic N) is 1. The highest BCUT2D eigenvalue weighted by atomic mass is 32.2. The lowest BCUT2D eigenvalue weighted by Crippen LogP contribution is -2.58. The molecule has 1 heterocycles. The van der Waals surface area contributed by atoms with E-state index in [0.717, 1.165) is 19.5 Å². The summed E-state index contributed by atoms with van der Waals surface area (Å²) in [6.45, 7) is 6.35. The quantitative estimate of drug-likeness (QED) is 0.699. The van der Waals surface area contributed by atoms with Crippen LogP contribution < -0.4 is 5.32 Å². The van der Waals surface area contributed by atoms with Crippen LogP contribution in [0.1, 0.15) is 20.3 Å². The predicted molar refractivity (Wildman–Crippen MR) is 68.7 cm³/mol. The maximum absolute atomic E-state index is 11.3. The van der Waals surface area contributed by atoms with Crippen LogP contribution in [0.4, 0.5) is 0 Å². The van der Waals surface area contributed by atoms with Gasteiger partial charge in [0.15, 0.2) is 0 Å². The molecule has 1 aliphatic rings. The van der Waals surface area contributed by atoms with Crippen LogP contribution in [-0.4, -0.2) is 63.4 Å². The zero-order valence-electron chi connectivity index (χ0n) is 10.6. The van der Waals surface area contributed by atoms with E-state index in [2.05, 4.69) is 10.2 Å². The molecule has 0 amide bonds. The first kappa shape index (κ1) is 14.6. The molecule has 100 valence electrons. The summed E-state index contributed by atoms with van der Waals surface area (Å²) in [7, 11) is -0.715. The average Bonchev–Trinajstić information content (AvgIpc) is 2.29. The number of rotatable bonds is 6. The highest BCUT2D eigenvalue weighted by Gasteiger charge is 2.35. The van der Waals surface area contributed by atoms with Crippen molar-refractivity contribution < 1.29 is 14.1 Å². The summed E-state index contributed by atoms with van der Waals surface area (Å²) in [6, 6.07) is 0. The van der Waals surface area contributed by atoms with Gasteiger partial charge in [0.1, 0.15) is 5.54 Å². The van der Waals surface area contributed by atoms with E-state index in [1.807, 2.05) is 6.92 Å². The molecule has 5 nitrogen and oxygen atoms in total. The van der Waals surface area contributed by atoms with Gasteiger partial charge in [0.05, 0.1) is 0 Å². The van der Waals surface area contributed by atoms with Crippen molar-refractivity contribution in [3.05, 3.63) is 0 Å². The molecule has 1 saturated heterocycles. The summed E-state index contributed by atoms with van der Waals surface area (Å²) in [5, 5.41) is 12.4. The van der Waals surface area contributed by atoms with Crippen LogP contribution in [0.5, 0.6) is 0 Å². The molecule has 0 spiro atoms. The van der Waals surface area contributed by atoms with Crippen LogP contribution in [0.15, 0.2) is 0 Å². The zero-order valence-corrected chi connectivity index (χ0v) is 11.4. The molecular weight excluding hydrogens is 240 g/mol. The number of hydrogen-bond donors (Lipinski definition) is 2. The molecule has 0 bridgehead atoms. The number of aliphatic carboxylic acids is 1. The fraction of sp³-hybridized carbons (Fsp3) is 0.909. The van der Waals surface area contributed by atoms with Crippen molar-refractivity contribution >= 4 is 16.8 Å². The van der Waals surface area contributed by atoms with Gasteiger partial charge in [0.25, 0.3) is 0 Å². The molecule has 0 aromatic rings. The molecule has 2 N–H and O–H groups in total. The molecule has 1 rings (SSSR count). The second kappa shape index (κ2) is 6.47. The van der Waals surface area contributed by atoms with Gasteiger partial charge in [-0.25, -0.2) is 0 Å². The fourth-order valence-electron chi connectivity index (χ4n) is 1.88. The van der Waals surface area contributed by atoms with Crippen molar-refractivity contribution in [2.45, 2.75) is 25.8 Å². The van der Waals surface area contributed by atoms with Crippen molar-refractivity contribution in [3.63, 3.8) is 0 Å². The monoisotopic (exact) mass is 262 g/mol. The third-order valence-electron chi connectivity index (χ3n) is 3.05. The second-order valence-electron chi connectivity index (χ2n) is 4.69. The van der Waals surface area contributed by atoms with Gasteiger partial charge in [0.2, 0.25) is 0 Å². The Morgan fingerprint density at radius 3 is 2.53 bits per heavy atom. The van der Waals surface area contributed by atoms with Crippen LogP contribution >= 0.6 is 0 Å². The summed E-state index contributed by atoms with van der Waals surface area (Å²) in [6.07, 6.45) is 0.910. The minimum atomic E-state index is -0.908. The molecule has 0 saturated carbocycles. The highest BCUT2D eigenvalue weighted by molar-refractivity contribution is 7.85. The molecular formula is C11H22N2O3S. The molecule has 0 aromatic carbocycles. The Morgan fingerprint density at radius 2 is 2.06 bits per heavy atom. The molecule has 6 heteroatoms. The van der Waals surface area contributed by atoms with E-state index in [9.17, 15) is 14.1 Å². The maximum atomic E-state index is 11.3. The number of carboxylic acids is 1. The third kappa shape index (κ3) is 4.37. The van der Waals surface area contributed by atoms with Crippen LogP contribution in [0.25, 0.3) is 0 Å². The first-order chi connectivity index (χ1) is 7.98. The molecule has 1 fully saturated rings. The van der Waals surface area contributed by atoms with E-state index in [1.54, 1.807) is 6.92 Å². The Balaban J connectivity index is 2.54. The second-order valence-corrected chi connectivity index (χ2v) is 6.38. The minimum Gasteiger partial charge on any atom is -0.480 e. The number of nitrogens with one attached hydrogen (secondary N) is 1. The molecule has 1 unspecified atom stereocenters. The van der Waals surface area contributed by atoms with E-state index >= 15 is 0 Å². The molecule has 1 aliphatic heterocycles. The lowest BCUT2D eigenvalue weighted by atomic mass is 10.0. The fourth-order valence-corrected chi connectivity index (χ4v) is 3.01. The summed E-state index contributed by atoms with van der Waals surface area (Å²) >= 11 is 0. The first-order valence-electron chi connectivity index (χ1n) is 6.03. The molecule has 1 atom stereocenters. The van der Waals surface area contributed by atoms with Crippen LogP contribution in [0, 0.1) is 0 Å². The first-order valence-corrected chi connectivity index (χ1v) is 7.52. The van der Waals surface area contributed by atoms with Gasteiger partial charge >= 0.3 is 5.97 Å². The Labute approximate surface area is 105 Å². The van der Waals surface area contributed by atoms with E-state index in [4.69, 9.17) is 0 Å². The third-order valence-corrected chi connectivity index (χ3v) is 4.32. The Hall–Kier alpha value is -0.460. The van der Waals surface area contributed by atoms with Crippen LogP contribution in [0.2, 0.25) is 0 Å². The van der Waals surface area contributed by atoms with Gasteiger partial charge in [-0.15, -0.1) is 0 Å². The average molecular weight is 262 g/mol. The normalized spacial score (nSPS) is 22.2. The largest absolute Gasteiger partial charge is 0.480 e. The van der Waals surface area contributed by atoms with Crippen LogP contribution in [-0.2, 0) is 15.6 Å². The lowest BCUT2D eigenvalue weighted by molar-refractivity contribution is -0.145. The smallest absolute Gasteiger partial charge is 0.324 e. The maximum Gasteiger partial charge on any atom is 0.324 e. The summed E-state index contributed by atoms with van der Waals surface area (Å²) in [4.78, 5) is 13.4. The Kier molecular flexibility index (Phi) is 5.55. The summed E-state index contributed by atoms with van der Waals surface area (Å²) < 4.78 is 11.2. The van der Waals surface area contributed by atoms with E-state index in [0.29, 0.717) is 24.6 Å². The Bertz CT molecular complexity index is 288. The van der Waals surface area contributed by atoms with Crippen molar-refractivity contribution in [1.82, 2.24) is 10.2 Å². The van der Waals surface area contributed by atoms with E-state index < -0.39 is 22.3 Å². The predicted octanol–water partition coefficient (Wildman–Crippen LogP) is -0.106. The molecule has 0 radical (unpaired) electrons. The molecule has 0 aromatic heterocycles. The summed E-state index contributed by atoms with van der Waals surface area (Å²) in [5.41, 5.74) is -0.908. The van der Waals surface area contributed by atoms with Gasteiger partial charge < -0.3 is 10.4 Å². The lowest BCUT2D eigenvalue weighted by Gasteiger charge is -2.34. The van der Waals surface area contributed by atoms with Crippen molar-refractivity contribution in [3.8, 4) is 0 Å². The number of hydrogen-bond acceptors (Lipinski definition) is 4. The van der Waals surface area contributed by atoms with Gasteiger partial charge in [-0.2, -0.15) is 0 Å². The van der Waals surface area contributed by atoms with Crippen molar-refractivity contribution in [2.75, 3.05) is 37.7 Å². The van der Waals surface area contributed by atoms with E-state index in [1.165, 1.54) is 0 Å². The van der Waals surface area contributed by atoms with Gasteiger partial charge in [-0.3, -0.25) is 13.9 Å². The summed E-state index contributed by atoms with van der Waals surface area (Å²) in [5.74, 6) is 0.491. The zero-order chi connectivity index (χ0) is 12.9. The molecule has 0 aliphatic carbocycles. The van der Waals surface area contributed by atoms with Crippen molar-refractivity contribution in [1.29, 1.82) is 0 Å². The van der Waals surface area contributed by atoms with Crippen molar-refractivity contribution in [2.24, 2.45) is 0 Å². The van der Waals surface area contributed by atoms with Gasteiger partial charge in [-0.05, 0) is 19.9 Å². The van der Waals surface area contributed by atoms with Gasteiger partial charge in [-0.1, -0.05) is 6.92 Å². The SMILES string of the molecule is CCCNC(C)(CN1CCS(=O)CC1)C(=O)O. The minimum absolute atomic E-state index is 0.472. The van der Waals surface area contributed by atoms with Gasteiger partial charge in [0, 0.05) is 41.9 Å². The topological polar surface area (TPSA) is 69.6 Å². The Morgan fingerprint density at radius 1 is 1.47 bits per heavy atom.